The van der Waals surface area contributed by atoms with E-state index in [4.69, 9.17) is 12.2 Å². The average Bonchev–Trinajstić information content (AvgIpc) is 2.87. The summed E-state index contributed by atoms with van der Waals surface area (Å²) >= 11 is 16.6. The number of thioether (sulfide) groups is 1. The summed E-state index contributed by atoms with van der Waals surface area (Å²) in [5, 5.41) is 0.840. The van der Waals surface area contributed by atoms with Crippen molar-refractivity contribution >= 4 is 65.7 Å². The first-order chi connectivity index (χ1) is 17.2. The Balaban J connectivity index is 0.000000241. The lowest BCUT2D eigenvalue weighted by Gasteiger charge is -2.39. The number of rotatable bonds is 11. The van der Waals surface area contributed by atoms with Crippen molar-refractivity contribution in [3.63, 3.8) is 0 Å². The molecule has 0 amide bonds. The maximum atomic E-state index is 5.82. The highest BCUT2D eigenvalue weighted by molar-refractivity contribution is 7.99. The Kier molecular flexibility index (Phi) is 13.2. The van der Waals surface area contributed by atoms with Gasteiger partial charge in [-0.15, -0.1) is 11.8 Å². The maximum absolute atomic E-state index is 5.82. The van der Waals surface area contributed by atoms with Gasteiger partial charge in [-0.05, 0) is 41.4 Å². The van der Waals surface area contributed by atoms with Crippen molar-refractivity contribution in [2.45, 2.75) is 82.6 Å². The fourth-order valence-electron chi connectivity index (χ4n) is 4.64. The van der Waals surface area contributed by atoms with Gasteiger partial charge in [-0.3, -0.25) is 0 Å². The molecular formula is C29H42N2S4. The largest absolute Gasteiger partial charge is 0.308 e. The van der Waals surface area contributed by atoms with Gasteiger partial charge in [0.2, 0.25) is 0 Å². The zero-order chi connectivity index (χ0) is 24.9. The molecular weight excluding hydrogens is 505 g/mol. The summed E-state index contributed by atoms with van der Waals surface area (Å²) in [5.41, 5.74) is 4.69. The molecule has 0 atom stereocenters. The van der Waals surface area contributed by atoms with Crippen LogP contribution in [0.25, 0.3) is 0 Å². The molecule has 2 nitrogen and oxygen atoms in total. The molecule has 0 radical (unpaired) electrons. The van der Waals surface area contributed by atoms with Gasteiger partial charge in [0, 0.05) is 22.9 Å². The predicted octanol–water partition coefficient (Wildman–Crippen LogP) is 9.34. The molecule has 6 heteroatoms. The summed E-state index contributed by atoms with van der Waals surface area (Å²) < 4.78 is 0. The topological polar surface area (TPSA) is 6.48 Å². The fourth-order valence-corrected chi connectivity index (χ4v) is 6.63. The Hall–Kier alpha value is -0.820. The lowest BCUT2D eigenvalue weighted by molar-refractivity contribution is 0.286. The predicted molar refractivity (Wildman–Crippen MR) is 168 cm³/mol. The third kappa shape index (κ3) is 8.62. The summed E-state index contributed by atoms with van der Waals surface area (Å²) in [5.74, 6) is 4.27. The minimum Gasteiger partial charge on any atom is -0.308 e. The van der Waals surface area contributed by atoms with E-state index < -0.39 is 0 Å². The van der Waals surface area contributed by atoms with E-state index in [0.717, 1.165) is 34.2 Å². The minimum atomic E-state index is 0.702. The second-order valence-corrected chi connectivity index (χ2v) is 11.5. The number of thiol groups is 2. The van der Waals surface area contributed by atoms with Gasteiger partial charge in [0.05, 0.1) is 11.8 Å². The summed E-state index contributed by atoms with van der Waals surface area (Å²) in [6, 6.07) is 16.6. The quantitative estimate of drug-likeness (QED) is 0.165. The molecule has 1 aliphatic heterocycles. The van der Waals surface area contributed by atoms with E-state index in [1.54, 1.807) is 0 Å². The van der Waals surface area contributed by atoms with Crippen LogP contribution < -0.4 is 9.80 Å². The summed E-state index contributed by atoms with van der Waals surface area (Å²) in [6.45, 7) is 2.29. The van der Waals surface area contributed by atoms with E-state index in [1.165, 1.54) is 75.3 Å². The normalized spacial score (nSPS) is 16.0. The van der Waals surface area contributed by atoms with Crippen LogP contribution in [0.1, 0.15) is 82.3 Å². The van der Waals surface area contributed by atoms with E-state index in [1.807, 2.05) is 23.9 Å². The first-order valence-corrected chi connectivity index (χ1v) is 16.1. The van der Waals surface area contributed by atoms with Crippen LogP contribution in [0.15, 0.2) is 48.5 Å². The molecule has 1 saturated heterocycles. The Bertz CT molecular complexity index is 842. The molecule has 2 aromatic rings. The summed E-state index contributed by atoms with van der Waals surface area (Å²) in [4.78, 5) is 4.40. The van der Waals surface area contributed by atoms with Gasteiger partial charge in [0.15, 0.2) is 5.11 Å². The molecule has 2 aromatic carbocycles. The lowest BCUT2D eigenvalue weighted by atomic mass is 9.81. The van der Waals surface area contributed by atoms with Gasteiger partial charge in [0.25, 0.3) is 0 Å². The van der Waals surface area contributed by atoms with Crippen LogP contribution in [0, 0.1) is 5.92 Å². The Morgan fingerprint density at radius 1 is 0.800 bits per heavy atom. The maximum Gasteiger partial charge on any atom is 0.182 e. The van der Waals surface area contributed by atoms with Crippen molar-refractivity contribution in [2.24, 2.45) is 5.92 Å². The van der Waals surface area contributed by atoms with Crippen LogP contribution in [0.2, 0.25) is 0 Å². The van der Waals surface area contributed by atoms with Crippen LogP contribution in [0.4, 0.5) is 11.4 Å². The van der Waals surface area contributed by atoms with Gasteiger partial charge in [-0.1, -0.05) is 108 Å². The molecule has 0 aromatic heterocycles. The van der Waals surface area contributed by atoms with Crippen LogP contribution in [0.5, 0.6) is 0 Å². The first-order valence-electron chi connectivity index (χ1n) is 13.2. The number of unbranched alkanes of at least 4 members (excludes halogenated alkanes) is 5. The van der Waals surface area contributed by atoms with E-state index in [2.05, 4.69) is 78.4 Å². The molecule has 0 N–H and O–H groups in total. The van der Waals surface area contributed by atoms with Crippen LogP contribution in [0.3, 0.4) is 0 Å². The number of benzene rings is 2. The molecule has 0 spiro atoms. The molecule has 0 bridgehead atoms. The zero-order valence-electron chi connectivity index (χ0n) is 21.2. The van der Waals surface area contributed by atoms with Crippen molar-refractivity contribution in [3.05, 3.63) is 59.7 Å². The van der Waals surface area contributed by atoms with Crippen LogP contribution in [-0.2, 0) is 11.5 Å². The third-order valence-electron chi connectivity index (χ3n) is 7.00. The molecule has 1 aliphatic carbocycles. The van der Waals surface area contributed by atoms with Gasteiger partial charge < -0.3 is 9.80 Å². The van der Waals surface area contributed by atoms with Crippen molar-refractivity contribution in [1.82, 2.24) is 0 Å². The number of hydrogen-bond donors (Lipinski definition) is 2. The van der Waals surface area contributed by atoms with Gasteiger partial charge >= 0.3 is 0 Å². The Morgan fingerprint density at radius 3 is 1.80 bits per heavy atom. The highest BCUT2D eigenvalue weighted by atomic mass is 32.2. The third-order valence-corrected chi connectivity index (χ3v) is 9.00. The van der Waals surface area contributed by atoms with E-state index >= 15 is 0 Å². The van der Waals surface area contributed by atoms with Crippen molar-refractivity contribution < 1.29 is 0 Å². The summed E-state index contributed by atoms with van der Waals surface area (Å²) in [7, 11) is 0. The summed E-state index contributed by atoms with van der Waals surface area (Å²) in [6.07, 6.45) is 14.9. The molecule has 1 saturated carbocycles. The standard InChI is InChI=1S/C17H18N2S4.C12H24/c20-9-13-5-1-3-7-15(13)18-11-23-12-19(17(18)22)16-8-4-2-6-14(16)10-21;1-2-3-4-5-6-7-9-12-10-8-11-12/h1-8,20-21H,9-12H2;12H,2-11H2,1H3. The highest BCUT2D eigenvalue weighted by Crippen LogP contribution is 2.33. The van der Waals surface area contributed by atoms with E-state index in [-0.39, 0.29) is 0 Å². The van der Waals surface area contributed by atoms with E-state index in [9.17, 15) is 0 Å². The second-order valence-electron chi connectivity index (χ2n) is 9.53. The Labute approximate surface area is 234 Å². The zero-order valence-corrected chi connectivity index (χ0v) is 24.6. The lowest BCUT2D eigenvalue weighted by Crippen LogP contribution is -2.48. The first kappa shape index (κ1) is 28.7. The molecule has 4 rings (SSSR count). The second kappa shape index (κ2) is 16.1. The highest BCUT2D eigenvalue weighted by Gasteiger charge is 2.27. The number of thiocarbonyl (C=S) groups is 1. The molecule has 2 fully saturated rings. The molecule has 35 heavy (non-hydrogen) atoms. The van der Waals surface area contributed by atoms with E-state index in [0.29, 0.717) is 11.5 Å². The van der Waals surface area contributed by atoms with Gasteiger partial charge in [-0.2, -0.15) is 25.3 Å². The van der Waals surface area contributed by atoms with Crippen LogP contribution in [-0.4, -0.2) is 16.9 Å². The van der Waals surface area contributed by atoms with Crippen molar-refractivity contribution in [3.8, 4) is 0 Å². The number of nitrogens with zero attached hydrogens (tertiary/aromatic N) is 2. The monoisotopic (exact) mass is 546 g/mol. The molecule has 0 unspecified atom stereocenters. The number of anilines is 2. The fraction of sp³-hybridized carbons (Fsp3) is 0.552. The molecule has 2 aliphatic rings. The van der Waals surface area contributed by atoms with Gasteiger partial charge in [0.1, 0.15) is 0 Å². The molecule has 192 valence electrons. The van der Waals surface area contributed by atoms with Crippen molar-refractivity contribution in [1.29, 1.82) is 0 Å². The number of hydrogen-bond acceptors (Lipinski definition) is 4. The van der Waals surface area contributed by atoms with Crippen LogP contribution >= 0.6 is 49.2 Å². The van der Waals surface area contributed by atoms with Gasteiger partial charge in [-0.25, -0.2) is 0 Å². The number of para-hydroxylation sites is 2. The van der Waals surface area contributed by atoms with Crippen molar-refractivity contribution in [2.75, 3.05) is 21.6 Å². The smallest absolute Gasteiger partial charge is 0.182 e. The average molecular weight is 547 g/mol. The Morgan fingerprint density at radius 2 is 1.31 bits per heavy atom. The minimum absolute atomic E-state index is 0.702. The molecule has 1 heterocycles. The SMILES string of the molecule is CCCCCCCCC1CCC1.S=C1N(c2ccccc2CS)CSCN1c1ccccc1CS.